The molecule has 0 unspecified atom stereocenters. The lowest BCUT2D eigenvalue weighted by Gasteiger charge is -2.08. The van der Waals surface area contributed by atoms with Crippen molar-refractivity contribution in [2.24, 2.45) is 0 Å². The van der Waals surface area contributed by atoms with Gasteiger partial charge in [0.25, 0.3) is 0 Å². The topological polar surface area (TPSA) is 34.1 Å². The molecule has 1 aromatic carbocycles. The van der Waals surface area contributed by atoms with Gasteiger partial charge in [-0.1, -0.05) is 17.7 Å². The number of benzene rings is 1. The summed E-state index contributed by atoms with van der Waals surface area (Å²) in [7, 11) is -3.77. The van der Waals surface area contributed by atoms with Crippen LogP contribution in [0.4, 0.5) is 0 Å². The van der Waals surface area contributed by atoms with Gasteiger partial charge in [0, 0.05) is 26.0 Å². The van der Waals surface area contributed by atoms with Gasteiger partial charge in [-0.05, 0) is 31.9 Å². The monoisotopic (exact) mass is 233 g/mol. The van der Waals surface area contributed by atoms with Gasteiger partial charge >= 0.3 is 0 Å². The van der Waals surface area contributed by atoms with Gasteiger partial charge in [-0.2, -0.15) is 0 Å². The predicted octanol–water partition coefficient (Wildman–Crippen LogP) is 2.66. The zero-order valence-electron chi connectivity index (χ0n) is 11.3. The molecule has 78 valence electrons. The summed E-state index contributed by atoms with van der Waals surface area (Å²) >= 11 is 0. The third-order valence-electron chi connectivity index (χ3n) is 1.80. The minimum Gasteiger partial charge on any atom is -0.217 e. The second kappa shape index (κ2) is 3.95. The smallest absolute Gasteiger partial charge is 0.203 e. The number of rotatable bonds is 2. The maximum Gasteiger partial charge on any atom is 0.203 e. The quantitative estimate of drug-likeness (QED) is 0.736. The summed E-state index contributed by atoms with van der Waals surface area (Å²) < 4.78 is 44.2. The number of aryl methyl sites for hydroxylation is 3. The van der Waals surface area contributed by atoms with Crippen LogP contribution >= 0.6 is 10.8 Å². The van der Waals surface area contributed by atoms with Gasteiger partial charge in [0.15, 0.2) is 0 Å². The number of hydrogen-bond acceptors (Lipinski definition) is 3. The highest BCUT2D eigenvalue weighted by atomic mass is 33.1. The molecule has 0 aliphatic carbocycles. The van der Waals surface area contributed by atoms with Crippen molar-refractivity contribution in [3.63, 3.8) is 0 Å². The molecule has 0 atom stereocenters. The Morgan fingerprint density at radius 1 is 1.21 bits per heavy atom. The van der Waals surface area contributed by atoms with Gasteiger partial charge in [-0.3, -0.25) is 0 Å². The molecular weight excluding hydrogens is 216 g/mol. The van der Waals surface area contributed by atoms with E-state index in [9.17, 15) is 8.42 Å². The van der Waals surface area contributed by atoms with Crippen LogP contribution in [-0.2, 0) is 8.87 Å². The zero-order valence-corrected chi connectivity index (χ0v) is 9.92. The van der Waals surface area contributed by atoms with Gasteiger partial charge in [-0.25, -0.2) is 8.42 Å². The van der Waals surface area contributed by atoms with E-state index in [2.05, 4.69) is 0 Å². The molecule has 0 bridgehead atoms. The van der Waals surface area contributed by atoms with E-state index in [0.29, 0.717) is 15.7 Å². The van der Waals surface area contributed by atoms with E-state index >= 15 is 0 Å². The lowest BCUT2D eigenvalue weighted by atomic mass is 10.1. The fourth-order valence-corrected chi connectivity index (χ4v) is 3.46. The second-order valence-corrected chi connectivity index (χ2v) is 6.56. The van der Waals surface area contributed by atoms with Crippen molar-refractivity contribution in [1.29, 1.82) is 0 Å². The molecule has 0 aromatic heterocycles. The van der Waals surface area contributed by atoms with E-state index in [4.69, 9.17) is 4.11 Å². The lowest BCUT2D eigenvalue weighted by molar-refractivity contribution is 0.615. The highest BCUT2D eigenvalue weighted by Crippen LogP contribution is 2.30. The first-order chi connectivity index (χ1) is 7.54. The van der Waals surface area contributed by atoms with Crippen molar-refractivity contribution in [3.8, 4) is 0 Å². The van der Waals surface area contributed by atoms with Gasteiger partial charge in [0.2, 0.25) is 8.87 Å². The molecule has 0 aliphatic heterocycles. The summed E-state index contributed by atoms with van der Waals surface area (Å²) in [6, 6.07) is 3.68. The summed E-state index contributed by atoms with van der Waals surface area (Å²) in [6.07, 6.45) is -2.98. The van der Waals surface area contributed by atoms with E-state index in [0.717, 1.165) is 16.7 Å². The average molecular weight is 233 g/mol. The van der Waals surface area contributed by atoms with Crippen molar-refractivity contribution in [1.82, 2.24) is 0 Å². The summed E-state index contributed by atoms with van der Waals surface area (Å²) in [4.78, 5) is 0.506. The first-order valence-corrected chi connectivity index (χ1v) is 6.88. The number of hydrogen-bond donors (Lipinski definition) is 0. The first kappa shape index (κ1) is 7.77. The third kappa shape index (κ3) is 3.03. The minimum atomic E-state index is -4.19. The van der Waals surface area contributed by atoms with E-state index in [1.807, 2.05) is 19.1 Å². The maximum atomic E-state index is 11.6. The Labute approximate surface area is 93.3 Å². The van der Waals surface area contributed by atoms with Crippen LogP contribution in [0.25, 0.3) is 0 Å². The van der Waals surface area contributed by atoms with E-state index < -0.39 is 15.1 Å². The van der Waals surface area contributed by atoms with Crippen LogP contribution in [0.3, 0.4) is 0 Å². The molecule has 0 heterocycles. The Bertz CT molecular complexity index is 510. The van der Waals surface area contributed by atoms with Crippen LogP contribution in [0.5, 0.6) is 0 Å². The Balaban J connectivity index is 3.22. The lowest BCUT2D eigenvalue weighted by Crippen LogP contribution is -1.93. The molecule has 0 saturated carbocycles. The molecule has 0 aliphatic rings. The van der Waals surface area contributed by atoms with Crippen molar-refractivity contribution < 1.29 is 12.5 Å². The van der Waals surface area contributed by atoms with Gasteiger partial charge in [0.05, 0.1) is 0 Å². The fraction of sp³-hybridized carbons (Fsp3) is 0.400. The molecule has 0 amide bonds. The largest absolute Gasteiger partial charge is 0.217 e. The SMILES string of the molecule is [2H]C([2H])([2H])S(=O)(=O)Sc1c(C)cc(C)cc1C. The van der Waals surface area contributed by atoms with Gasteiger partial charge < -0.3 is 0 Å². The highest BCUT2D eigenvalue weighted by molar-refractivity contribution is 8.71. The second-order valence-electron chi connectivity index (χ2n) is 3.27. The van der Waals surface area contributed by atoms with Gasteiger partial charge in [-0.15, -0.1) is 0 Å². The Morgan fingerprint density at radius 3 is 2.14 bits per heavy atom. The van der Waals surface area contributed by atoms with Crippen LogP contribution in [0.15, 0.2) is 17.0 Å². The molecule has 0 spiro atoms. The Hall–Kier alpha value is -0.480. The molecule has 1 aromatic rings. The summed E-state index contributed by atoms with van der Waals surface area (Å²) in [5.41, 5.74) is 2.58. The van der Waals surface area contributed by atoms with E-state index in [1.54, 1.807) is 13.8 Å². The molecule has 0 radical (unpaired) electrons. The first-order valence-electron chi connectivity index (χ1n) is 5.56. The predicted molar refractivity (Wildman–Crippen MR) is 61.4 cm³/mol. The normalized spacial score (nSPS) is 15.8. The van der Waals surface area contributed by atoms with E-state index in [-0.39, 0.29) is 0 Å². The molecule has 4 heteroatoms. The van der Waals surface area contributed by atoms with Crippen molar-refractivity contribution in [2.75, 3.05) is 6.18 Å². The molecule has 14 heavy (non-hydrogen) atoms. The van der Waals surface area contributed by atoms with Crippen LogP contribution in [0.2, 0.25) is 0 Å². The molecule has 0 fully saturated rings. The molecule has 2 nitrogen and oxygen atoms in total. The van der Waals surface area contributed by atoms with Crippen molar-refractivity contribution in [2.45, 2.75) is 25.7 Å². The molecule has 1 rings (SSSR count). The zero-order chi connectivity index (χ0) is 13.4. The molecule has 0 saturated heterocycles. The van der Waals surface area contributed by atoms with Crippen LogP contribution in [-0.4, -0.2) is 14.6 Å². The maximum absolute atomic E-state index is 11.6. The Kier molecular flexibility index (Phi) is 2.19. The van der Waals surface area contributed by atoms with Gasteiger partial charge in [0.1, 0.15) is 0 Å². The third-order valence-corrected chi connectivity index (χ3v) is 3.99. The molecular formula is C10H14O2S2. The summed E-state index contributed by atoms with van der Waals surface area (Å²) in [5, 5.41) is 0. The van der Waals surface area contributed by atoms with Crippen LogP contribution < -0.4 is 0 Å². The van der Waals surface area contributed by atoms with Crippen molar-refractivity contribution in [3.05, 3.63) is 28.8 Å². The van der Waals surface area contributed by atoms with Crippen LogP contribution in [0.1, 0.15) is 20.8 Å². The highest BCUT2D eigenvalue weighted by Gasteiger charge is 2.11. The van der Waals surface area contributed by atoms with E-state index in [1.165, 1.54) is 0 Å². The summed E-state index contributed by atoms with van der Waals surface area (Å²) in [5.74, 6) is 0. The average Bonchev–Trinajstić information content (AvgIpc) is 2.09. The van der Waals surface area contributed by atoms with Crippen molar-refractivity contribution >= 4 is 19.7 Å². The fourth-order valence-electron chi connectivity index (χ4n) is 1.41. The standard InChI is InChI=1S/C10H14O2S2/c1-7-5-8(2)10(9(3)6-7)13-14(4,11)12/h5-6H,1-4H3/i4D3. The summed E-state index contributed by atoms with van der Waals surface area (Å²) in [6.45, 7) is 5.46. The molecule has 0 N–H and O–H groups in total. The Morgan fingerprint density at radius 2 is 1.71 bits per heavy atom. The van der Waals surface area contributed by atoms with Crippen LogP contribution in [0, 0.1) is 20.8 Å². The minimum absolute atomic E-state index is 0.424.